The second-order valence-corrected chi connectivity index (χ2v) is 22.8. The van der Waals surface area contributed by atoms with Gasteiger partial charge in [0.2, 0.25) is 11.8 Å². The van der Waals surface area contributed by atoms with E-state index in [1.54, 1.807) is 0 Å². The van der Waals surface area contributed by atoms with E-state index in [2.05, 4.69) is 222 Å². The van der Waals surface area contributed by atoms with Crippen LogP contribution in [0, 0.1) is 0 Å². The standard InChI is InChI=1S/C82H50N4O4/c1-4-16-53(17-5-1)81-83-71-46-34-56-49-62(40-42-66(56)78(71)89-81)85(58-21-8-3-9-22-58)59-36-32-52(33-37-59)65-44-45-68(80-77(65)70-25-11-13-28-74(70)88-80)55-20-14-23-61(48-55)86(60-38-30-51(31-39-60)64-26-15-29-75-76(64)69-24-10-12-27-73(69)87-75)63-41-43-67-57(50-63)35-47-72-79(67)90-82(84-72)54-18-6-2-7-19-54/h1-50H. The number of anilines is 6. The van der Waals surface area contributed by atoms with Crippen LogP contribution in [0.3, 0.4) is 0 Å². The molecule has 8 heteroatoms. The molecular formula is C82H50N4O4. The molecule has 0 bridgehead atoms. The van der Waals surface area contributed by atoms with Crippen molar-refractivity contribution in [3.05, 3.63) is 303 Å². The first-order chi connectivity index (χ1) is 44.6. The van der Waals surface area contributed by atoms with Gasteiger partial charge < -0.3 is 27.5 Å². The van der Waals surface area contributed by atoms with E-state index in [-0.39, 0.29) is 0 Å². The Hall–Kier alpha value is -12.3. The number of aromatic nitrogens is 2. The Bertz CT molecular complexity index is 5790. The summed E-state index contributed by atoms with van der Waals surface area (Å²) >= 11 is 0. The van der Waals surface area contributed by atoms with E-state index in [1.807, 2.05) is 91.0 Å². The molecule has 0 saturated carbocycles. The topological polar surface area (TPSA) is 84.8 Å². The summed E-state index contributed by atoms with van der Waals surface area (Å²) in [5, 5.41) is 8.41. The summed E-state index contributed by atoms with van der Waals surface area (Å²) in [6.45, 7) is 0. The Morgan fingerprint density at radius 1 is 0.233 bits per heavy atom. The van der Waals surface area contributed by atoms with Gasteiger partial charge in [-0.1, -0.05) is 158 Å². The molecule has 4 aromatic heterocycles. The number of nitrogens with zero attached hydrogens (tertiary/aromatic N) is 4. The molecule has 0 aliphatic carbocycles. The summed E-state index contributed by atoms with van der Waals surface area (Å²) in [5.41, 5.74) is 20.9. The van der Waals surface area contributed by atoms with Gasteiger partial charge in [-0.3, -0.25) is 0 Å². The molecule has 18 rings (SSSR count). The predicted octanol–water partition coefficient (Wildman–Crippen LogP) is 23.3. The Labute approximate surface area is 516 Å². The van der Waals surface area contributed by atoms with Gasteiger partial charge in [0.15, 0.2) is 11.2 Å². The van der Waals surface area contributed by atoms with E-state index in [9.17, 15) is 0 Å². The van der Waals surface area contributed by atoms with Crippen molar-refractivity contribution in [2.24, 2.45) is 0 Å². The van der Waals surface area contributed by atoms with E-state index in [1.165, 1.54) is 0 Å². The van der Waals surface area contributed by atoms with Gasteiger partial charge in [-0.05, 0) is 184 Å². The number of hydrogen-bond donors (Lipinski definition) is 0. The molecule has 90 heavy (non-hydrogen) atoms. The molecule has 422 valence electrons. The first-order valence-electron chi connectivity index (χ1n) is 30.2. The maximum absolute atomic E-state index is 7.00. The van der Waals surface area contributed by atoms with E-state index in [0.717, 1.165) is 166 Å². The fraction of sp³-hybridized carbons (Fsp3) is 0. The van der Waals surface area contributed by atoms with Crippen LogP contribution in [-0.4, -0.2) is 9.97 Å². The molecular weight excluding hydrogens is 1100 g/mol. The maximum atomic E-state index is 7.00. The lowest BCUT2D eigenvalue weighted by Crippen LogP contribution is -2.10. The van der Waals surface area contributed by atoms with Crippen molar-refractivity contribution in [2.45, 2.75) is 0 Å². The second kappa shape index (κ2) is 20.7. The van der Waals surface area contributed by atoms with Gasteiger partial charge >= 0.3 is 0 Å². The monoisotopic (exact) mass is 1150 g/mol. The molecule has 4 heterocycles. The lowest BCUT2D eigenvalue weighted by Gasteiger charge is -2.26. The number of rotatable bonds is 11. The van der Waals surface area contributed by atoms with E-state index in [4.69, 9.17) is 27.6 Å². The first kappa shape index (κ1) is 51.0. The fourth-order valence-electron chi connectivity index (χ4n) is 13.3. The lowest BCUT2D eigenvalue weighted by molar-refractivity contribution is 0.622. The smallest absolute Gasteiger partial charge is 0.227 e. The normalized spacial score (nSPS) is 11.8. The highest BCUT2D eigenvalue weighted by Crippen LogP contribution is 2.47. The highest BCUT2D eigenvalue weighted by Gasteiger charge is 2.23. The third-order valence-electron chi connectivity index (χ3n) is 17.5. The highest BCUT2D eigenvalue weighted by atomic mass is 16.4. The van der Waals surface area contributed by atoms with Gasteiger partial charge in [0.1, 0.15) is 33.4 Å². The number of para-hydroxylation sites is 3. The van der Waals surface area contributed by atoms with Gasteiger partial charge in [-0.25, -0.2) is 9.97 Å². The minimum absolute atomic E-state index is 0.599. The van der Waals surface area contributed by atoms with Gasteiger partial charge in [0.25, 0.3) is 0 Å². The van der Waals surface area contributed by atoms with Crippen LogP contribution in [0.2, 0.25) is 0 Å². The van der Waals surface area contributed by atoms with E-state index >= 15 is 0 Å². The van der Waals surface area contributed by atoms with Crippen molar-refractivity contribution < 1.29 is 17.7 Å². The minimum atomic E-state index is 0.599. The van der Waals surface area contributed by atoms with Crippen LogP contribution in [0.1, 0.15) is 0 Å². The van der Waals surface area contributed by atoms with Crippen molar-refractivity contribution in [3.63, 3.8) is 0 Å². The Balaban J connectivity index is 0.731. The van der Waals surface area contributed by atoms with Crippen molar-refractivity contribution in [2.75, 3.05) is 9.80 Å². The maximum Gasteiger partial charge on any atom is 0.227 e. The van der Waals surface area contributed by atoms with Gasteiger partial charge in [0.05, 0.1) is 0 Å². The molecule has 0 amide bonds. The molecule has 18 aromatic rings. The van der Waals surface area contributed by atoms with Crippen LogP contribution >= 0.6 is 0 Å². The quantitative estimate of drug-likeness (QED) is 0.127. The molecule has 0 saturated heterocycles. The fourth-order valence-corrected chi connectivity index (χ4v) is 13.3. The van der Waals surface area contributed by atoms with Crippen LogP contribution in [-0.2, 0) is 0 Å². The average Bonchev–Trinajstić information content (AvgIpc) is 1.83. The lowest BCUT2D eigenvalue weighted by atomic mass is 9.94. The third-order valence-corrected chi connectivity index (χ3v) is 17.5. The molecule has 0 N–H and O–H groups in total. The Morgan fingerprint density at radius 2 is 0.667 bits per heavy atom. The summed E-state index contributed by atoms with van der Waals surface area (Å²) in [5.74, 6) is 1.21. The van der Waals surface area contributed by atoms with Crippen LogP contribution in [0.4, 0.5) is 34.1 Å². The summed E-state index contributed by atoms with van der Waals surface area (Å²) in [6, 6.07) is 106. The molecule has 0 unspecified atom stereocenters. The zero-order chi connectivity index (χ0) is 59.2. The highest BCUT2D eigenvalue weighted by molar-refractivity contribution is 6.17. The predicted molar refractivity (Wildman–Crippen MR) is 368 cm³/mol. The molecule has 8 nitrogen and oxygen atoms in total. The van der Waals surface area contributed by atoms with Crippen molar-refractivity contribution in [1.82, 2.24) is 9.97 Å². The van der Waals surface area contributed by atoms with Crippen molar-refractivity contribution in [3.8, 4) is 56.3 Å². The Kier molecular flexibility index (Phi) is 11.7. The number of oxazole rings is 2. The number of furan rings is 2. The number of fused-ring (bicyclic) bond motifs is 12. The first-order valence-corrected chi connectivity index (χ1v) is 30.2. The second-order valence-electron chi connectivity index (χ2n) is 22.8. The minimum Gasteiger partial charge on any atom is -0.456 e. The summed E-state index contributed by atoms with van der Waals surface area (Å²) < 4.78 is 26.3. The van der Waals surface area contributed by atoms with E-state index in [0.29, 0.717) is 11.8 Å². The van der Waals surface area contributed by atoms with Crippen LogP contribution < -0.4 is 9.80 Å². The van der Waals surface area contributed by atoms with Crippen LogP contribution in [0.5, 0.6) is 0 Å². The molecule has 0 fully saturated rings. The molecule has 0 atom stereocenters. The van der Waals surface area contributed by atoms with Crippen molar-refractivity contribution >= 4 is 122 Å². The summed E-state index contributed by atoms with van der Waals surface area (Å²) in [6.07, 6.45) is 0. The third kappa shape index (κ3) is 8.53. The molecule has 14 aromatic carbocycles. The number of benzene rings is 14. The largest absolute Gasteiger partial charge is 0.456 e. The van der Waals surface area contributed by atoms with Crippen LogP contribution in [0.25, 0.3) is 144 Å². The number of hydrogen-bond acceptors (Lipinski definition) is 8. The zero-order valence-electron chi connectivity index (χ0n) is 48.3. The van der Waals surface area contributed by atoms with Gasteiger partial charge in [-0.2, -0.15) is 0 Å². The van der Waals surface area contributed by atoms with Crippen molar-refractivity contribution in [1.29, 1.82) is 0 Å². The average molecular weight is 1160 g/mol. The molecule has 0 aliphatic heterocycles. The van der Waals surface area contributed by atoms with Crippen LogP contribution in [0.15, 0.2) is 321 Å². The summed E-state index contributed by atoms with van der Waals surface area (Å²) in [7, 11) is 0. The molecule has 0 radical (unpaired) electrons. The molecule has 0 spiro atoms. The van der Waals surface area contributed by atoms with Gasteiger partial charge in [-0.15, -0.1) is 0 Å². The van der Waals surface area contributed by atoms with Gasteiger partial charge in [0, 0.05) is 83.1 Å². The zero-order valence-corrected chi connectivity index (χ0v) is 48.3. The molecule has 0 aliphatic rings. The van der Waals surface area contributed by atoms with E-state index < -0.39 is 0 Å². The Morgan fingerprint density at radius 3 is 1.27 bits per heavy atom. The summed E-state index contributed by atoms with van der Waals surface area (Å²) in [4.78, 5) is 14.4. The SMILES string of the molecule is c1ccc(-c2nc3ccc4cc(N(c5ccccc5)c5ccc(-c6ccc(-c7cccc(N(c8ccc(-c9cccc%10oc%11ccccc%11c9%10)cc8)c8ccc9c(ccc%10nc(-c%11ccccc%11)oc%109)c8)c7)c7oc8ccccc8c67)cc5)ccc4c3o2)cc1.